The predicted molar refractivity (Wildman–Crippen MR) is 51.2 cm³/mol. The van der Waals surface area contributed by atoms with Crippen molar-refractivity contribution in [3.8, 4) is 6.07 Å². The normalized spacial score (nSPS) is 11.1. The molecule has 0 saturated carbocycles. The highest BCUT2D eigenvalue weighted by molar-refractivity contribution is 6.30. The molecule has 0 bridgehead atoms. The standard InChI is InChI=1S/C10H4ClF4NO/c11-3-8(17)6-1-5(4-16)2-7(12)9(6)10(13,14)15/h1-2H,3H2. The molecule has 0 radical (unpaired) electrons. The topological polar surface area (TPSA) is 40.9 Å². The van der Waals surface area contributed by atoms with Gasteiger partial charge in [0.2, 0.25) is 0 Å². The third-order valence-corrected chi connectivity index (χ3v) is 2.17. The number of Topliss-reactive ketones (excluding diaryl/α,β-unsaturated/α-hetero) is 1. The van der Waals surface area contributed by atoms with Crippen LogP contribution >= 0.6 is 11.6 Å². The van der Waals surface area contributed by atoms with Crippen molar-refractivity contribution in [3.05, 3.63) is 34.6 Å². The van der Waals surface area contributed by atoms with Gasteiger partial charge >= 0.3 is 6.18 Å². The van der Waals surface area contributed by atoms with Gasteiger partial charge < -0.3 is 0 Å². The van der Waals surface area contributed by atoms with Gasteiger partial charge in [-0.1, -0.05) is 0 Å². The second kappa shape index (κ2) is 4.72. The van der Waals surface area contributed by atoms with Crippen LogP contribution < -0.4 is 0 Å². The van der Waals surface area contributed by atoms with Crippen molar-refractivity contribution in [2.75, 3.05) is 5.88 Å². The Morgan fingerprint density at radius 3 is 2.41 bits per heavy atom. The van der Waals surface area contributed by atoms with E-state index in [1.165, 1.54) is 6.07 Å². The molecule has 17 heavy (non-hydrogen) atoms. The van der Waals surface area contributed by atoms with Crippen LogP contribution in [-0.2, 0) is 6.18 Å². The Bertz CT molecular complexity index is 504. The molecule has 1 aromatic rings. The highest BCUT2D eigenvalue weighted by atomic mass is 35.5. The zero-order valence-electron chi connectivity index (χ0n) is 8.11. The molecule has 0 aliphatic carbocycles. The van der Waals surface area contributed by atoms with Gasteiger partial charge in [0.15, 0.2) is 5.78 Å². The van der Waals surface area contributed by atoms with Gasteiger partial charge in [0.1, 0.15) is 11.4 Å². The first-order valence-corrected chi connectivity index (χ1v) is 4.74. The highest BCUT2D eigenvalue weighted by Gasteiger charge is 2.38. The minimum absolute atomic E-state index is 0.371. The summed E-state index contributed by atoms with van der Waals surface area (Å²) in [7, 11) is 0. The average molecular weight is 266 g/mol. The number of hydrogen-bond donors (Lipinski definition) is 0. The van der Waals surface area contributed by atoms with E-state index in [-0.39, 0.29) is 5.56 Å². The van der Waals surface area contributed by atoms with Gasteiger partial charge in [-0.05, 0) is 12.1 Å². The summed E-state index contributed by atoms with van der Waals surface area (Å²) in [6.45, 7) is 0. The van der Waals surface area contributed by atoms with Crippen LogP contribution in [0, 0.1) is 17.1 Å². The van der Waals surface area contributed by atoms with E-state index in [2.05, 4.69) is 0 Å². The number of carbonyl (C=O) groups is 1. The minimum Gasteiger partial charge on any atom is -0.293 e. The first-order chi connectivity index (χ1) is 7.81. The number of rotatable bonds is 2. The number of alkyl halides is 4. The summed E-state index contributed by atoms with van der Waals surface area (Å²) in [4.78, 5) is 11.2. The van der Waals surface area contributed by atoms with Gasteiger partial charge in [-0.15, -0.1) is 11.6 Å². The SMILES string of the molecule is N#Cc1cc(F)c(C(F)(F)F)c(C(=O)CCl)c1. The fourth-order valence-electron chi connectivity index (χ4n) is 1.25. The molecule has 1 rings (SSSR count). The number of hydrogen-bond acceptors (Lipinski definition) is 2. The molecule has 0 heterocycles. The van der Waals surface area contributed by atoms with Gasteiger partial charge in [0.05, 0.1) is 17.5 Å². The molecule has 0 saturated heterocycles. The number of carbonyl (C=O) groups excluding carboxylic acids is 1. The molecule has 0 fully saturated rings. The summed E-state index contributed by atoms with van der Waals surface area (Å²) in [5, 5.41) is 8.49. The maximum atomic E-state index is 13.2. The van der Waals surface area contributed by atoms with E-state index in [0.29, 0.717) is 12.1 Å². The van der Waals surface area contributed by atoms with Crippen LogP contribution in [0.15, 0.2) is 12.1 Å². The van der Waals surface area contributed by atoms with Crippen LogP contribution in [0.1, 0.15) is 21.5 Å². The Morgan fingerprint density at radius 2 is 2.00 bits per heavy atom. The van der Waals surface area contributed by atoms with Gasteiger partial charge in [0, 0.05) is 5.56 Å². The van der Waals surface area contributed by atoms with E-state index < -0.39 is 34.8 Å². The number of nitrogens with zero attached hydrogens (tertiary/aromatic N) is 1. The summed E-state index contributed by atoms with van der Waals surface area (Å²) in [5.41, 5.74) is -2.99. The van der Waals surface area contributed by atoms with Crippen LogP contribution in [0.4, 0.5) is 17.6 Å². The van der Waals surface area contributed by atoms with Crippen LogP contribution in [0.2, 0.25) is 0 Å². The maximum Gasteiger partial charge on any atom is 0.419 e. The predicted octanol–water partition coefficient (Wildman–Crippen LogP) is 3.14. The largest absolute Gasteiger partial charge is 0.419 e. The van der Waals surface area contributed by atoms with Crippen molar-refractivity contribution < 1.29 is 22.4 Å². The lowest BCUT2D eigenvalue weighted by molar-refractivity contribution is -0.140. The zero-order valence-corrected chi connectivity index (χ0v) is 8.86. The second-order valence-corrected chi connectivity index (χ2v) is 3.31. The summed E-state index contributed by atoms with van der Waals surface area (Å²) < 4.78 is 50.8. The lowest BCUT2D eigenvalue weighted by atomic mass is 10.00. The zero-order chi connectivity index (χ0) is 13.2. The molecule has 0 amide bonds. The van der Waals surface area contributed by atoms with Gasteiger partial charge in [-0.2, -0.15) is 18.4 Å². The molecule has 0 atom stereocenters. The summed E-state index contributed by atoms with van der Waals surface area (Å²) in [6.07, 6.45) is -5.02. The van der Waals surface area contributed by atoms with Crippen LogP contribution in [0.5, 0.6) is 0 Å². The highest BCUT2D eigenvalue weighted by Crippen LogP contribution is 2.35. The molecule has 7 heteroatoms. The monoisotopic (exact) mass is 265 g/mol. The van der Waals surface area contributed by atoms with Crippen molar-refractivity contribution in [2.24, 2.45) is 0 Å². The number of benzene rings is 1. The smallest absolute Gasteiger partial charge is 0.293 e. The summed E-state index contributed by atoms with van der Waals surface area (Å²) in [5.74, 6) is -3.47. The van der Waals surface area contributed by atoms with E-state index in [4.69, 9.17) is 16.9 Å². The third kappa shape index (κ3) is 2.74. The summed E-state index contributed by atoms with van der Waals surface area (Å²) >= 11 is 5.13. The van der Waals surface area contributed by atoms with E-state index in [0.717, 1.165) is 0 Å². The molecular formula is C10H4ClF4NO. The van der Waals surface area contributed by atoms with Crippen molar-refractivity contribution >= 4 is 17.4 Å². The molecule has 0 unspecified atom stereocenters. The Labute approximate surface area is 98.4 Å². The molecule has 0 aliphatic heterocycles. The lowest BCUT2D eigenvalue weighted by Crippen LogP contribution is -2.16. The Kier molecular flexibility index (Phi) is 3.73. The van der Waals surface area contributed by atoms with E-state index in [9.17, 15) is 22.4 Å². The minimum atomic E-state index is -5.02. The molecule has 0 aromatic heterocycles. The Balaban J connectivity index is 3.58. The van der Waals surface area contributed by atoms with E-state index in [1.807, 2.05) is 0 Å². The van der Waals surface area contributed by atoms with Crippen molar-refractivity contribution in [3.63, 3.8) is 0 Å². The van der Waals surface area contributed by atoms with Crippen molar-refractivity contribution in [1.82, 2.24) is 0 Å². The average Bonchev–Trinajstić information content (AvgIpc) is 2.24. The Hall–Kier alpha value is -1.61. The summed E-state index contributed by atoms with van der Waals surface area (Å²) in [6, 6.07) is 2.56. The first kappa shape index (κ1) is 13.5. The van der Waals surface area contributed by atoms with Crippen LogP contribution in [-0.4, -0.2) is 11.7 Å². The third-order valence-electron chi connectivity index (χ3n) is 1.92. The van der Waals surface area contributed by atoms with Crippen LogP contribution in [0.25, 0.3) is 0 Å². The fraction of sp³-hybridized carbons (Fsp3) is 0.200. The fourth-order valence-corrected chi connectivity index (χ4v) is 1.40. The molecule has 1 aromatic carbocycles. The number of halogens is 5. The molecule has 0 spiro atoms. The van der Waals surface area contributed by atoms with Crippen molar-refractivity contribution in [2.45, 2.75) is 6.18 Å². The Morgan fingerprint density at radius 1 is 1.41 bits per heavy atom. The number of ketones is 1. The molecule has 0 N–H and O–H groups in total. The van der Waals surface area contributed by atoms with Gasteiger partial charge in [-0.3, -0.25) is 4.79 Å². The van der Waals surface area contributed by atoms with Crippen LogP contribution in [0.3, 0.4) is 0 Å². The molecule has 2 nitrogen and oxygen atoms in total. The number of nitriles is 1. The molecular weight excluding hydrogens is 262 g/mol. The maximum absolute atomic E-state index is 13.2. The molecule has 90 valence electrons. The van der Waals surface area contributed by atoms with Crippen molar-refractivity contribution in [1.29, 1.82) is 5.26 Å². The lowest BCUT2D eigenvalue weighted by Gasteiger charge is -2.12. The first-order valence-electron chi connectivity index (χ1n) is 4.21. The van der Waals surface area contributed by atoms with E-state index in [1.54, 1.807) is 0 Å². The quantitative estimate of drug-likeness (QED) is 0.468. The second-order valence-electron chi connectivity index (χ2n) is 3.05. The van der Waals surface area contributed by atoms with Gasteiger partial charge in [0.25, 0.3) is 0 Å². The van der Waals surface area contributed by atoms with E-state index >= 15 is 0 Å². The van der Waals surface area contributed by atoms with Gasteiger partial charge in [-0.25, -0.2) is 4.39 Å². The molecule has 0 aliphatic rings.